The van der Waals surface area contributed by atoms with E-state index in [0.29, 0.717) is 23.8 Å². The molecule has 28 heavy (non-hydrogen) atoms. The third-order valence-electron chi connectivity index (χ3n) is 5.19. The van der Waals surface area contributed by atoms with E-state index in [1.54, 1.807) is 6.20 Å². The molecular formula is C20H20N4O4. The van der Waals surface area contributed by atoms with Crippen LogP contribution >= 0.6 is 0 Å². The largest absolute Gasteiger partial charge is 0.454 e. The molecule has 0 aliphatic carbocycles. The fourth-order valence-electron chi connectivity index (χ4n) is 3.61. The van der Waals surface area contributed by atoms with Crippen molar-refractivity contribution in [2.75, 3.05) is 24.8 Å². The summed E-state index contributed by atoms with van der Waals surface area (Å²) in [7, 11) is 0. The Morgan fingerprint density at radius 1 is 1.18 bits per heavy atom. The number of hydrogen-bond acceptors (Lipinski definition) is 7. The zero-order valence-electron chi connectivity index (χ0n) is 15.3. The van der Waals surface area contributed by atoms with E-state index < -0.39 is 0 Å². The standard InChI is InChI=1S/C20H20N4O4/c25-19(22-11-13-3-4-15-17(10-13)27-12-26-15)14-5-8-24(9-6-14)20-23-18-16(28-20)2-1-7-21-18/h1-4,7,10,14H,5-6,8-9,11-12H2,(H,22,25). The molecule has 3 aromatic rings. The maximum Gasteiger partial charge on any atom is 0.299 e. The highest BCUT2D eigenvalue weighted by atomic mass is 16.7. The first-order valence-electron chi connectivity index (χ1n) is 9.39. The number of nitrogens with one attached hydrogen (secondary N) is 1. The van der Waals surface area contributed by atoms with Crippen LogP contribution in [0.25, 0.3) is 11.2 Å². The molecule has 0 saturated carbocycles. The molecule has 1 N–H and O–H groups in total. The smallest absolute Gasteiger partial charge is 0.299 e. The van der Waals surface area contributed by atoms with E-state index in [0.717, 1.165) is 43.0 Å². The van der Waals surface area contributed by atoms with Crippen molar-refractivity contribution in [1.82, 2.24) is 15.3 Å². The minimum absolute atomic E-state index is 0.00670. The molecule has 2 aromatic heterocycles. The third kappa shape index (κ3) is 3.21. The molecule has 0 bridgehead atoms. The van der Waals surface area contributed by atoms with Gasteiger partial charge in [-0.2, -0.15) is 4.98 Å². The Morgan fingerprint density at radius 2 is 2.04 bits per heavy atom. The van der Waals surface area contributed by atoms with E-state index in [1.807, 2.05) is 30.3 Å². The molecule has 1 amide bonds. The summed E-state index contributed by atoms with van der Waals surface area (Å²) in [4.78, 5) is 23.3. The van der Waals surface area contributed by atoms with Crippen LogP contribution in [0.15, 0.2) is 40.9 Å². The highest BCUT2D eigenvalue weighted by Gasteiger charge is 2.27. The lowest BCUT2D eigenvalue weighted by Crippen LogP contribution is -2.40. The second-order valence-electron chi connectivity index (χ2n) is 6.99. The van der Waals surface area contributed by atoms with Gasteiger partial charge in [0.05, 0.1) is 0 Å². The summed E-state index contributed by atoms with van der Waals surface area (Å²) >= 11 is 0. The number of amides is 1. The average Bonchev–Trinajstić information content (AvgIpc) is 3.38. The summed E-state index contributed by atoms with van der Waals surface area (Å²) in [6.07, 6.45) is 3.23. The first-order chi connectivity index (χ1) is 13.8. The summed E-state index contributed by atoms with van der Waals surface area (Å²) in [6.45, 7) is 2.19. The SMILES string of the molecule is O=C(NCc1ccc2c(c1)OCO2)C1CCN(c2nc3ncccc3o2)CC1. The highest BCUT2D eigenvalue weighted by molar-refractivity contribution is 5.79. The number of pyridine rings is 1. The molecule has 144 valence electrons. The van der Waals surface area contributed by atoms with Crippen LogP contribution in [0.1, 0.15) is 18.4 Å². The molecule has 4 heterocycles. The molecule has 1 aromatic carbocycles. The molecule has 0 unspecified atom stereocenters. The Morgan fingerprint density at radius 3 is 2.89 bits per heavy atom. The molecule has 1 saturated heterocycles. The molecule has 1 fully saturated rings. The summed E-state index contributed by atoms with van der Waals surface area (Å²) in [5.74, 6) is 1.55. The van der Waals surface area contributed by atoms with E-state index in [4.69, 9.17) is 13.9 Å². The molecule has 5 rings (SSSR count). The minimum atomic E-state index is -0.00670. The number of nitrogens with zero attached hydrogens (tertiary/aromatic N) is 3. The van der Waals surface area contributed by atoms with Gasteiger partial charge in [0, 0.05) is 31.7 Å². The normalized spacial score (nSPS) is 16.5. The Balaban J connectivity index is 1.15. The van der Waals surface area contributed by atoms with Gasteiger partial charge < -0.3 is 24.1 Å². The Bertz CT molecular complexity index is 977. The quantitative estimate of drug-likeness (QED) is 0.744. The number of carbonyl (C=O) groups is 1. The lowest BCUT2D eigenvalue weighted by molar-refractivity contribution is -0.125. The van der Waals surface area contributed by atoms with Crippen LogP contribution in [0, 0.1) is 5.92 Å². The van der Waals surface area contributed by atoms with Crippen molar-refractivity contribution < 1.29 is 18.7 Å². The second-order valence-corrected chi connectivity index (χ2v) is 6.99. The second kappa shape index (κ2) is 7.03. The van der Waals surface area contributed by atoms with Crippen molar-refractivity contribution in [2.45, 2.75) is 19.4 Å². The molecule has 8 heteroatoms. The molecule has 0 radical (unpaired) electrons. The first kappa shape index (κ1) is 16.9. The van der Waals surface area contributed by atoms with E-state index in [9.17, 15) is 4.79 Å². The maximum atomic E-state index is 12.6. The number of carbonyl (C=O) groups excluding carboxylic acids is 1. The fourth-order valence-corrected chi connectivity index (χ4v) is 3.61. The molecule has 2 aliphatic heterocycles. The number of ether oxygens (including phenoxy) is 2. The van der Waals surface area contributed by atoms with Crippen LogP contribution in [-0.4, -0.2) is 35.8 Å². The van der Waals surface area contributed by atoms with Crippen LogP contribution in [-0.2, 0) is 11.3 Å². The van der Waals surface area contributed by atoms with E-state index in [-0.39, 0.29) is 18.6 Å². The van der Waals surface area contributed by atoms with Crippen molar-refractivity contribution >= 4 is 23.2 Å². The molecular weight excluding hydrogens is 360 g/mol. The van der Waals surface area contributed by atoms with Crippen LogP contribution < -0.4 is 19.7 Å². The Kier molecular flexibility index (Phi) is 4.23. The predicted octanol–water partition coefficient (Wildman–Crippen LogP) is 2.48. The predicted molar refractivity (Wildman–Crippen MR) is 101 cm³/mol. The van der Waals surface area contributed by atoms with Crippen molar-refractivity contribution in [2.24, 2.45) is 5.92 Å². The number of oxazole rings is 1. The number of anilines is 1. The van der Waals surface area contributed by atoms with E-state index in [2.05, 4.69) is 20.2 Å². The van der Waals surface area contributed by atoms with Gasteiger partial charge in [0.25, 0.3) is 6.01 Å². The van der Waals surface area contributed by atoms with E-state index >= 15 is 0 Å². The van der Waals surface area contributed by atoms with Gasteiger partial charge in [-0.05, 0) is 42.7 Å². The monoisotopic (exact) mass is 380 g/mol. The average molecular weight is 380 g/mol. The van der Waals surface area contributed by atoms with Crippen LogP contribution in [0.5, 0.6) is 11.5 Å². The van der Waals surface area contributed by atoms with Crippen LogP contribution in [0.2, 0.25) is 0 Å². The van der Waals surface area contributed by atoms with Gasteiger partial charge >= 0.3 is 0 Å². The van der Waals surface area contributed by atoms with Gasteiger partial charge in [-0.3, -0.25) is 4.79 Å². The van der Waals surface area contributed by atoms with Gasteiger partial charge in [0.15, 0.2) is 17.1 Å². The zero-order chi connectivity index (χ0) is 18.9. The lowest BCUT2D eigenvalue weighted by atomic mass is 9.96. The number of hydrogen-bond donors (Lipinski definition) is 1. The van der Waals surface area contributed by atoms with Gasteiger partial charge in [-0.15, -0.1) is 0 Å². The molecule has 8 nitrogen and oxygen atoms in total. The van der Waals surface area contributed by atoms with Crippen molar-refractivity contribution in [1.29, 1.82) is 0 Å². The third-order valence-corrected chi connectivity index (χ3v) is 5.19. The number of fused-ring (bicyclic) bond motifs is 2. The number of benzene rings is 1. The molecule has 0 spiro atoms. The number of piperidine rings is 1. The first-order valence-corrected chi connectivity index (χ1v) is 9.39. The van der Waals surface area contributed by atoms with E-state index in [1.165, 1.54) is 0 Å². The van der Waals surface area contributed by atoms with Gasteiger partial charge in [0.1, 0.15) is 0 Å². The maximum absolute atomic E-state index is 12.6. The van der Waals surface area contributed by atoms with Crippen molar-refractivity contribution in [3.05, 3.63) is 42.1 Å². The topological polar surface area (TPSA) is 89.7 Å². The van der Waals surface area contributed by atoms with Gasteiger partial charge in [0.2, 0.25) is 18.3 Å². The Hall–Kier alpha value is -3.29. The summed E-state index contributed by atoms with van der Waals surface area (Å²) < 4.78 is 16.5. The molecule has 2 aliphatic rings. The minimum Gasteiger partial charge on any atom is -0.454 e. The summed E-state index contributed by atoms with van der Waals surface area (Å²) in [5.41, 5.74) is 2.29. The highest BCUT2D eigenvalue weighted by Crippen LogP contribution is 2.32. The Labute approximate surface area is 161 Å². The van der Waals surface area contributed by atoms with Gasteiger partial charge in [-0.25, -0.2) is 4.98 Å². The van der Waals surface area contributed by atoms with Crippen molar-refractivity contribution in [3.63, 3.8) is 0 Å². The summed E-state index contributed by atoms with van der Waals surface area (Å²) in [5, 5.41) is 3.03. The molecule has 0 atom stereocenters. The lowest BCUT2D eigenvalue weighted by Gasteiger charge is -2.30. The van der Waals surface area contributed by atoms with Gasteiger partial charge in [-0.1, -0.05) is 6.07 Å². The van der Waals surface area contributed by atoms with Crippen molar-refractivity contribution in [3.8, 4) is 11.5 Å². The summed E-state index contributed by atoms with van der Waals surface area (Å²) in [6, 6.07) is 9.98. The number of rotatable bonds is 4. The number of aromatic nitrogens is 2. The van der Waals surface area contributed by atoms with Crippen LogP contribution in [0.4, 0.5) is 6.01 Å². The zero-order valence-corrected chi connectivity index (χ0v) is 15.3. The van der Waals surface area contributed by atoms with Crippen LogP contribution in [0.3, 0.4) is 0 Å². The fraction of sp³-hybridized carbons (Fsp3) is 0.350.